The van der Waals surface area contributed by atoms with Gasteiger partial charge in [-0.05, 0) is 38.8 Å². The second kappa shape index (κ2) is 9.82. The Morgan fingerprint density at radius 1 is 1.26 bits per heavy atom. The molecule has 0 unspecified atom stereocenters. The molecular formula is C21H25ClN6O6S. The average Bonchev–Trinajstić information content (AvgIpc) is 2.79. The molecule has 0 saturated carbocycles. The van der Waals surface area contributed by atoms with Gasteiger partial charge in [0.1, 0.15) is 6.33 Å². The number of ether oxygens (including phenoxy) is 2. The number of likely N-dealkylation sites (tertiary alicyclic amines) is 1. The highest BCUT2D eigenvalue weighted by Gasteiger charge is 2.37. The normalized spacial score (nSPS) is 16.7. The maximum Gasteiger partial charge on any atom is 0.410 e. The van der Waals surface area contributed by atoms with E-state index in [4.69, 9.17) is 21.1 Å². The fraction of sp³-hybridized carbons (Fsp3) is 0.476. The summed E-state index contributed by atoms with van der Waals surface area (Å²) >= 11 is 6.18. The number of fused-ring (bicyclic) bond motifs is 1. The zero-order chi connectivity index (χ0) is 25.3. The summed E-state index contributed by atoms with van der Waals surface area (Å²) in [6.07, 6.45) is 2.85. The van der Waals surface area contributed by atoms with E-state index in [1.54, 1.807) is 23.6 Å². The van der Waals surface area contributed by atoms with Gasteiger partial charge < -0.3 is 19.7 Å². The number of aromatic nitrogens is 3. The molecule has 0 radical (unpaired) electrons. The molecule has 0 aromatic carbocycles. The molecule has 2 aliphatic heterocycles. The van der Waals surface area contributed by atoms with Crippen molar-refractivity contribution in [3.05, 3.63) is 23.6 Å². The summed E-state index contributed by atoms with van der Waals surface area (Å²) in [5, 5.41) is 2.76. The minimum Gasteiger partial charge on any atom is -0.476 e. The molecule has 1 saturated heterocycles. The van der Waals surface area contributed by atoms with E-state index in [1.807, 2.05) is 0 Å². The van der Waals surface area contributed by atoms with Crippen molar-refractivity contribution in [2.24, 2.45) is 0 Å². The van der Waals surface area contributed by atoms with Gasteiger partial charge in [-0.15, -0.1) is 0 Å². The van der Waals surface area contributed by atoms with Gasteiger partial charge in [-0.25, -0.2) is 28.2 Å². The molecule has 0 spiro atoms. The molecule has 0 bridgehead atoms. The maximum atomic E-state index is 12.8. The number of nitrogens with zero attached hydrogens (tertiary/aromatic N) is 5. The minimum absolute atomic E-state index is 0.0651. The number of carbonyl (C=O) groups excluding carboxylic acids is 2. The van der Waals surface area contributed by atoms with E-state index in [0.29, 0.717) is 37.4 Å². The van der Waals surface area contributed by atoms with Gasteiger partial charge in [-0.1, -0.05) is 11.6 Å². The fourth-order valence-corrected chi connectivity index (χ4v) is 4.71. The van der Waals surface area contributed by atoms with Gasteiger partial charge in [0, 0.05) is 25.4 Å². The Kier molecular flexibility index (Phi) is 6.99. The second-order valence-corrected chi connectivity index (χ2v) is 10.8. The molecular weight excluding hydrogens is 500 g/mol. The van der Waals surface area contributed by atoms with Crippen molar-refractivity contribution in [3.63, 3.8) is 0 Å². The van der Waals surface area contributed by atoms with Crippen LogP contribution in [-0.2, 0) is 19.4 Å². The van der Waals surface area contributed by atoms with Crippen molar-refractivity contribution in [1.82, 2.24) is 19.9 Å². The summed E-state index contributed by atoms with van der Waals surface area (Å²) in [6.45, 7) is 4.27. The first kappa shape index (κ1) is 24.9. The van der Waals surface area contributed by atoms with Crippen molar-refractivity contribution in [1.29, 1.82) is 0 Å². The number of sulfone groups is 1. The van der Waals surface area contributed by atoms with Crippen molar-refractivity contribution < 1.29 is 27.5 Å². The molecule has 2 amide bonds. The number of hydrogen-bond donors (Lipinski definition) is 1. The van der Waals surface area contributed by atoms with Gasteiger partial charge in [-0.3, -0.25) is 9.69 Å². The Hall–Kier alpha value is -3.19. The van der Waals surface area contributed by atoms with Gasteiger partial charge in [0.05, 0.1) is 11.8 Å². The molecule has 14 heteroatoms. The molecule has 12 nitrogen and oxygen atoms in total. The molecule has 35 heavy (non-hydrogen) atoms. The summed E-state index contributed by atoms with van der Waals surface area (Å²) in [4.78, 5) is 40.6. The maximum absolute atomic E-state index is 12.8. The number of amides is 2. The van der Waals surface area contributed by atoms with Crippen LogP contribution in [-0.4, -0.2) is 78.4 Å². The van der Waals surface area contributed by atoms with E-state index in [9.17, 15) is 18.0 Å². The minimum atomic E-state index is -3.52. The topological polar surface area (TPSA) is 144 Å². The highest BCUT2D eigenvalue weighted by Crippen LogP contribution is 2.39. The van der Waals surface area contributed by atoms with Gasteiger partial charge in [0.15, 0.2) is 38.3 Å². The lowest BCUT2D eigenvalue weighted by molar-refractivity contribution is -0.122. The fourth-order valence-electron chi connectivity index (χ4n) is 3.88. The lowest BCUT2D eigenvalue weighted by atomic mass is 10.0. The molecule has 1 N–H and O–H groups in total. The third-order valence-electron chi connectivity index (χ3n) is 5.50. The molecule has 0 aliphatic carbocycles. The number of rotatable bonds is 5. The van der Waals surface area contributed by atoms with Gasteiger partial charge in [0.25, 0.3) is 5.91 Å². The van der Waals surface area contributed by atoms with Crippen molar-refractivity contribution in [2.75, 3.05) is 36.2 Å². The first-order chi connectivity index (χ1) is 16.5. The molecule has 4 rings (SSSR count). The van der Waals surface area contributed by atoms with Gasteiger partial charge >= 0.3 is 6.09 Å². The summed E-state index contributed by atoms with van der Waals surface area (Å²) in [5.74, 6) is 0.569. The van der Waals surface area contributed by atoms with E-state index in [1.165, 1.54) is 18.5 Å². The largest absolute Gasteiger partial charge is 0.476 e. The number of carbonyl (C=O) groups is 2. The zero-order valence-electron chi connectivity index (χ0n) is 19.4. The highest BCUT2D eigenvalue weighted by molar-refractivity contribution is 7.90. The van der Waals surface area contributed by atoms with Crippen LogP contribution in [0.5, 0.6) is 5.75 Å². The standard InChI is InChI=1S/C21H25ClN6O6S/c1-12(2)34-21(30)27-8-6-13(7-9-27)28-16(29)10-33-17-19(23-11-24-20(17)28)25-14-4-5-15(26-18(14)22)35(3,31)32/h4-5,11-13H,6-10H2,1-3H3,(H,23,24,25). The van der Waals surface area contributed by atoms with E-state index in [2.05, 4.69) is 20.3 Å². The van der Waals surface area contributed by atoms with Crippen LogP contribution < -0.4 is 15.0 Å². The van der Waals surface area contributed by atoms with Crippen LogP contribution in [0.1, 0.15) is 26.7 Å². The Morgan fingerprint density at radius 3 is 2.60 bits per heavy atom. The van der Waals surface area contributed by atoms with Crippen LogP contribution in [0.2, 0.25) is 5.15 Å². The molecule has 2 aliphatic rings. The average molecular weight is 525 g/mol. The van der Waals surface area contributed by atoms with Crippen molar-refractivity contribution in [2.45, 2.75) is 43.9 Å². The summed E-state index contributed by atoms with van der Waals surface area (Å²) < 4.78 is 34.4. The number of piperidine rings is 1. The van der Waals surface area contributed by atoms with Crippen LogP contribution in [0.15, 0.2) is 23.5 Å². The van der Waals surface area contributed by atoms with Gasteiger partial charge in [0.2, 0.25) is 5.75 Å². The Balaban J connectivity index is 1.55. The van der Waals surface area contributed by atoms with Crippen LogP contribution in [0.4, 0.5) is 22.1 Å². The Morgan fingerprint density at radius 2 is 1.97 bits per heavy atom. The van der Waals surface area contributed by atoms with E-state index < -0.39 is 9.84 Å². The summed E-state index contributed by atoms with van der Waals surface area (Å²) in [7, 11) is -3.52. The predicted octanol–water partition coefficient (Wildman–Crippen LogP) is 2.41. The first-order valence-corrected chi connectivity index (χ1v) is 13.2. The van der Waals surface area contributed by atoms with E-state index in [0.717, 1.165) is 6.26 Å². The molecule has 0 atom stereocenters. The summed E-state index contributed by atoms with van der Waals surface area (Å²) in [6, 6.07) is 2.61. The molecule has 188 valence electrons. The summed E-state index contributed by atoms with van der Waals surface area (Å²) in [5.41, 5.74) is 0.309. The van der Waals surface area contributed by atoms with Crippen LogP contribution >= 0.6 is 11.6 Å². The van der Waals surface area contributed by atoms with Crippen molar-refractivity contribution >= 4 is 50.8 Å². The molecule has 2 aromatic heterocycles. The third kappa shape index (κ3) is 5.40. The van der Waals surface area contributed by atoms with Crippen LogP contribution in [0, 0.1) is 0 Å². The lowest BCUT2D eigenvalue weighted by Crippen LogP contribution is -2.52. The quantitative estimate of drug-likeness (QED) is 0.579. The van der Waals surface area contributed by atoms with E-state index in [-0.39, 0.29) is 52.5 Å². The monoisotopic (exact) mass is 524 g/mol. The smallest absolute Gasteiger partial charge is 0.410 e. The number of pyridine rings is 1. The van der Waals surface area contributed by atoms with Crippen molar-refractivity contribution in [3.8, 4) is 5.75 Å². The second-order valence-electron chi connectivity index (χ2n) is 8.46. The molecule has 4 heterocycles. The highest BCUT2D eigenvalue weighted by atomic mass is 35.5. The Labute approximate surface area is 207 Å². The lowest BCUT2D eigenvalue weighted by Gasteiger charge is -2.39. The SMILES string of the molecule is CC(C)OC(=O)N1CCC(N2C(=O)COc3c(Nc4ccc(S(C)(=O)=O)nc4Cl)ncnc32)CC1. The van der Waals surface area contributed by atoms with Crippen LogP contribution in [0.3, 0.4) is 0 Å². The molecule has 2 aromatic rings. The third-order valence-corrected chi connectivity index (χ3v) is 6.78. The number of anilines is 3. The number of halogens is 1. The molecule has 1 fully saturated rings. The first-order valence-electron chi connectivity index (χ1n) is 10.9. The zero-order valence-corrected chi connectivity index (χ0v) is 21.0. The van der Waals surface area contributed by atoms with Crippen LogP contribution in [0.25, 0.3) is 0 Å². The number of hydrogen-bond acceptors (Lipinski definition) is 10. The van der Waals surface area contributed by atoms with Gasteiger partial charge in [-0.2, -0.15) is 0 Å². The predicted molar refractivity (Wildman–Crippen MR) is 127 cm³/mol. The Bertz CT molecular complexity index is 1250. The van der Waals surface area contributed by atoms with E-state index >= 15 is 0 Å². The number of nitrogens with one attached hydrogen (secondary N) is 1.